The number of fused-ring (bicyclic) bond motifs is 7. The van der Waals surface area contributed by atoms with Crippen LogP contribution < -0.4 is 0 Å². The third kappa shape index (κ3) is 4.63. The molecule has 1 aromatic heterocycles. The molecule has 0 amide bonds. The Morgan fingerprint density at radius 3 is 1.39 bits per heavy atom. The first kappa shape index (κ1) is 31.8. The smallest absolute Gasteiger partial charge is 0.164 e. The minimum absolute atomic E-state index is 0.412. The number of nitrogens with zero attached hydrogens (tertiary/aromatic N) is 3. The molecule has 0 atom stereocenters. The second-order valence-electron chi connectivity index (χ2n) is 15.1. The van der Waals surface area contributed by atoms with Crippen molar-refractivity contribution in [3.05, 3.63) is 222 Å². The molecule has 12 rings (SSSR count). The molecule has 57 heavy (non-hydrogen) atoms. The monoisotopic (exact) mass is 723 g/mol. The Hall–Kier alpha value is -7.49. The molecule has 0 unspecified atom stereocenters. The van der Waals surface area contributed by atoms with Crippen molar-refractivity contribution < 1.29 is 0 Å². The highest BCUT2D eigenvalue weighted by Gasteiger charge is 2.51. The van der Waals surface area contributed by atoms with Gasteiger partial charge in [0.05, 0.1) is 5.41 Å². The van der Waals surface area contributed by atoms with Crippen LogP contribution in [-0.4, -0.2) is 15.0 Å². The van der Waals surface area contributed by atoms with E-state index < -0.39 is 5.41 Å². The van der Waals surface area contributed by atoms with Gasteiger partial charge in [0, 0.05) is 16.7 Å². The molecule has 0 saturated carbocycles. The van der Waals surface area contributed by atoms with E-state index in [1.807, 2.05) is 24.3 Å². The molecule has 10 aromatic rings. The number of hydrogen-bond donors (Lipinski definition) is 0. The number of benzene rings is 9. The van der Waals surface area contributed by atoms with Gasteiger partial charge in [-0.2, -0.15) is 0 Å². The van der Waals surface area contributed by atoms with Crippen molar-refractivity contribution in [2.24, 2.45) is 0 Å². The lowest BCUT2D eigenvalue weighted by molar-refractivity contribution is 0.797. The lowest BCUT2D eigenvalue weighted by atomic mass is 9.70. The van der Waals surface area contributed by atoms with Crippen molar-refractivity contribution >= 4 is 21.5 Å². The van der Waals surface area contributed by atoms with Crippen molar-refractivity contribution in [3.8, 4) is 67.5 Å². The molecule has 0 radical (unpaired) electrons. The highest BCUT2D eigenvalue weighted by molar-refractivity contribution is 6.17. The third-order valence-corrected chi connectivity index (χ3v) is 12.1. The lowest BCUT2D eigenvalue weighted by Gasteiger charge is -2.31. The Morgan fingerprint density at radius 1 is 0.281 bits per heavy atom. The molecule has 0 bridgehead atoms. The normalized spacial score (nSPS) is 13.1. The summed E-state index contributed by atoms with van der Waals surface area (Å²) in [6, 6.07) is 72.0. The van der Waals surface area contributed by atoms with Crippen LogP contribution in [0.15, 0.2) is 200 Å². The van der Waals surface area contributed by atoms with Crippen LogP contribution in [0.1, 0.15) is 22.3 Å². The first-order valence-electron chi connectivity index (χ1n) is 19.5. The maximum atomic E-state index is 5.18. The summed E-state index contributed by atoms with van der Waals surface area (Å²) >= 11 is 0. The van der Waals surface area contributed by atoms with Gasteiger partial charge in [-0.1, -0.05) is 188 Å². The number of hydrogen-bond acceptors (Lipinski definition) is 3. The fraction of sp³-hybridized carbons (Fsp3) is 0.0185. The van der Waals surface area contributed by atoms with Crippen LogP contribution in [-0.2, 0) is 5.41 Å². The van der Waals surface area contributed by atoms with E-state index in [0.29, 0.717) is 17.5 Å². The van der Waals surface area contributed by atoms with E-state index in [-0.39, 0.29) is 0 Å². The first-order valence-corrected chi connectivity index (χ1v) is 19.5. The van der Waals surface area contributed by atoms with Crippen LogP contribution in [0.25, 0.3) is 89.1 Å². The van der Waals surface area contributed by atoms with E-state index in [2.05, 4.69) is 176 Å². The summed E-state index contributed by atoms with van der Waals surface area (Å²) in [7, 11) is 0. The molecule has 0 N–H and O–H groups in total. The summed E-state index contributed by atoms with van der Waals surface area (Å²) < 4.78 is 0. The fourth-order valence-electron chi connectivity index (χ4n) is 9.72. The van der Waals surface area contributed by atoms with Gasteiger partial charge in [-0.05, 0) is 89.3 Å². The van der Waals surface area contributed by atoms with E-state index in [0.717, 1.165) is 33.4 Å². The molecule has 0 aliphatic heterocycles. The Balaban J connectivity index is 1.05. The van der Waals surface area contributed by atoms with E-state index in [1.165, 1.54) is 60.5 Å². The van der Waals surface area contributed by atoms with E-state index in [1.54, 1.807) is 0 Å². The van der Waals surface area contributed by atoms with E-state index in [4.69, 9.17) is 15.0 Å². The first-order chi connectivity index (χ1) is 28.3. The van der Waals surface area contributed by atoms with E-state index in [9.17, 15) is 0 Å². The quantitative estimate of drug-likeness (QED) is 0.166. The van der Waals surface area contributed by atoms with Gasteiger partial charge in [-0.25, -0.2) is 15.0 Å². The molecule has 1 heterocycles. The van der Waals surface area contributed by atoms with Gasteiger partial charge in [0.15, 0.2) is 17.5 Å². The minimum atomic E-state index is -0.412. The predicted octanol–water partition coefficient (Wildman–Crippen LogP) is 13.2. The van der Waals surface area contributed by atoms with Crippen molar-refractivity contribution in [2.45, 2.75) is 5.41 Å². The van der Waals surface area contributed by atoms with E-state index >= 15 is 0 Å². The fourth-order valence-corrected chi connectivity index (χ4v) is 9.72. The molecule has 0 fully saturated rings. The van der Waals surface area contributed by atoms with Crippen molar-refractivity contribution in [2.75, 3.05) is 0 Å². The van der Waals surface area contributed by atoms with Crippen LogP contribution in [0.4, 0.5) is 0 Å². The molecule has 2 aliphatic carbocycles. The zero-order valence-electron chi connectivity index (χ0n) is 30.9. The molecule has 9 aromatic carbocycles. The summed E-state index contributed by atoms with van der Waals surface area (Å²) in [5.41, 5.74) is 15.0. The van der Waals surface area contributed by atoms with Crippen LogP contribution in [0, 0.1) is 0 Å². The standard InChI is InChI=1S/C54H33N3/c1-3-14-34(15-4-1)38-20-9-22-40(32-38)52-55-51(37-16-5-2-6-17-37)56-53(57-52)41-23-10-21-39(33-41)42-25-13-29-47-50(42)43-24-7-8-26-44(43)54(47)45-27-11-18-35-30-31-36-19-12-28-46(54)49(36)48(35)45/h1-33H. The third-order valence-electron chi connectivity index (χ3n) is 12.1. The molecule has 3 nitrogen and oxygen atoms in total. The highest BCUT2D eigenvalue weighted by Crippen LogP contribution is 2.63. The van der Waals surface area contributed by atoms with Gasteiger partial charge in [0.1, 0.15) is 0 Å². The Labute approximate surface area is 330 Å². The Morgan fingerprint density at radius 2 is 0.719 bits per heavy atom. The second kappa shape index (κ2) is 12.3. The van der Waals surface area contributed by atoms with Crippen molar-refractivity contribution in [1.82, 2.24) is 15.0 Å². The topological polar surface area (TPSA) is 38.7 Å². The van der Waals surface area contributed by atoms with Gasteiger partial charge in [-0.15, -0.1) is 0 Å². The summed E-state index contributed by atoms with van der Waals surface area (Å²) in [5, 5.41) is 5.32. The molecule has 3 heteroatoms. The SMILES string of the molecule is c1ccc(-c2cccc(-c3nc(-c4ccccc4)nc(-c4cccc(-c5cccc6c5-c5ccccc5C65c6cccc7ccc8cccc5c8c67)c4)n3)c2)cc1. The van der Waals surface area contributed by atoms with Gasteiger partial charge >= 0.3 is 0 Å². The zero-order chi connectivity index (χ0) is 37.5. The Bertz CT molecular complexity index is 3180. The second-order valence-corrected chi connectivity index (χ2v) is 15.1. The molecule has 264 valence electrons. The van der Waals surface area contributed by atoms with Gasteiger partial charge in [-0.3, -0.25) is 0 Å². The van der Waals surface area contributed by atoms with Crippen molar-refractivity contribution in [3.63, 3.8) is 0 Å². The summed E-state index contributed by atoms with van der Waals surface area (Å²) in [5.74, 6) is 1.93. The van der Waals surface area contributed by atoms with Crippen LogP contribution in [0.5, 0.6) is 0 Å². The predicted molar refractivity (Wildman–Crippen MR) is 233 cm³/mol. The highest BCUT2D eigenvalue weighted by atomic mass is 15.0. The number of aromatic nitrogens is 3. The summed E-state index contributed by atoms with van der Waals surface area (Å²) in [6.45, 7) is 0. The largest absolute Gasteiger partial charge is 0.208 e. The molecule has 2 aliphatic rings. The van der Waals surface area contributed by atoms with Gasteiger partial charge in [0.25, 0.3) is 0 Å². The summed E-state index contributed by atoms with van der Waals surface area (Å²) in [6.07, 6.45) is 0. The summed E-state index contributed by atoms with van der Waals surface area (Å²) in [4.78, 5) is 15.4. The van der Waals surface area contributed by atoms with Crippen molar-refractivity contribution in [1.29, 1.82) is 0 Å². The zero-order valence-corrected chi connectivity index (χ0v) is 30.9. The Kier molecular flexibility index (Phi) is 6.84. The minimum Gasteiger partial charge on any atom is -0.208 e. The maximum absolute atomic E-state index is 5.18. The lowest BCUT2D eigenvalue weighted by Crippen LogP contribution is -2.26. The van der Waals surface area contributed by atoms with Gasteiger partial charge < -0.3 is 0 Å². The average Bonchev–Trinajstić information content (AvgIpc) is 3.77. The molecule has 1 spiro atoms. The van der Waals surface area contributed by atoms with Gasteiger partial charge in [0.2, 0.25) is 0 Å². The molecular weight excluding hydrogens is 691 g/mol. The molecule has 0 saturated heterocycles. The van der Waals surface area contributed by atoms with Crippen LogP contribution in [0.2, 0.25) is 0 Å². The van der Waals surface area contributed by atoms with Crippen LogP contribution >= 0.6 is 0 Å². The maximum Gasteiger partial charge on any atom is 0.164 e. The average molecular weight is 724 g/mol. The molecular formula is C54H33N3. The van der Waals surface area contributed by atoms with Crippen LogP contribution in [0.3, 0.4) is 0 Å². The number of rotatable bonds is 5.